The third-order valence-corrected chi connectivity index (χ3v) is 10.4. The molecule has 176 valence electrons. The number of carbonyl (C=O) groups is 1. The molecule has 4 fully saturated rings. The number of hydrogen-bond donors (Lipinski definition) is 3. The summed E-state index contributed by atoms with van der Waals surface area (Å²) in [6.45, 7) is 5.93. The average Bonchev–Trinajstić information content (AvgIpc) is 3.05. The van der Waals surface area contributed by atoms with Crippen LogP contribution in [0.3, 0.4) is 0 Å². The lowest BCUT2D eigenvalue weighted by Gasteiger charge is -2.64. The second kappa shape index (κ2) is 7.54. The van der Waals surface area contributed by atoms with Crippen molar-refractivity contribution in [1.82, 2.24) is 0 Å². The van der Waals surface area contributed by atoms with E-state index in [0.29, 0.717) is 18.8 Å². The summed E-state index contributed by atoms with van der Waals surface area (Å²) in [5, 5.41) is 34.8. The van der Waals surface area contributed by atoms with Crippen LogP contribution in [0.2, 0.25) is 0 Å². The molecule has 0 aliphatic heterocycles. The van der Waals surface area contributed by atoms with Gasteiger partial charge in [0.1, 0.15) is 6.10 Å². The van der Waals surface area contributed by atoms with E-state index >= 15 is 0 Å². The minimum atomic E-state index is -0.903. The van der Waals surface area contributed by atoms with Crippen molar-refractivity contribution in [2.24, 2.45) is 34.5 Å². The molecular weight excluding hydrogens is 404 g/mol. The van der Waals surface area contributed by atoms with Gasteiger partial charge in [0.15, 0.2) is 0 Å². The van der Waals surface area contributed by atoms with Crippen molar-refractivity contribution in [3.8, 4) is 0 Å². The lowest BCUT2D eigenvalue weighted by atomic mass is 9.43. The summed E-state index contributed by atoms with van der Waals surface area (Å²) >= 11 is 0. The van der Waals surface area contributed by atoms with E-state index in [1.165, 1.54) is 6.92 Å². The third-order valence-electron chi connectivity index (χ3n) is 10.4. The molecule has 0 unspecified atom stereocenters. The maximum absolute atomic E-state index is 12.0. The highest BCUT2D eigenvalue weighted by molar-refractivity contribution is 5.66. The molecule has 5 rings (SSSR count). The van der Waals surface area contributed by atoms with E-state index in [9.17, 15) is 20.1 Å². The predicted octanol–water partition coefficient (Wildman–Crippen LogP) is 3.79. The Labute approximate surface area is 191 Å². The summed E-state index contributed by atoms with van der Waals surface area (Å²) in [4.78, 5) is 11.5. The summed E-state index contributed by atoms with van der Waals surface area (Å²) in [5.74, 6) is 0.103. The second-order valence-corrected chi connectivity index (χ2v) is 11.6. The van der Waals surface area contributed by atoms with Gasteiger partial charge in [0, 0.05) is 12.3 Å². The maximum atomic E-state index is 12.0. The fourth-order valence-electron chi connectivity index (χ4n) is 8.77. The molecule has 4 aliphatic rings. The van der Waals surface area contributed by atoms with Gasteiger partial charge in [0.05, 0.1) is 17.8 Å². The van der Waals surface area contributed by atoms with E-state index in [0.717, 1.165) is 37.7 Å². The molecule has 0 saturated heterocycles. The van der Waals surface area contributed by atoms with Crippen LogP contribution in [0.25, 0.3) is 0 Å². The molecule has 5 heteroatoms. The van der Waals surface area contributed by atoms with Crippen LogP contribution >= 0.6 is 0 Å². The number of esters is 1. The number of aliphatic hydroxyl groups excluding tert-OH is 2. The molecule has 0 radical (unpaired) electrons. The Morgan fingerprint density at radius 1 is 0.938 bits per heavy atom. The number of aliphatic hydroxyl groups is 3. The Balaban J connectivity index is 1.47. The van der Waals surface area contributed by atoms with Crippen molar-refractivity contribution >= 4 is 5.97 Å². The predicted molar refractivity (Wildman–Crippen MR) is 120 cm³/mol. The highest BCUT2D eigenvalue weighted by Crippen LogP contribution is 2.70. The number of hydrogen-bond acceptors (Lipinski definition) is 5. The molecule has 0 aromatic heterocycles. The number of carbonyl (C=O) groups excluding carboxylic acids is 1. The molecule has 5 nitrogen and oxygen atoms in total. The Hall–Kier alpha value is -1.43. The monoisotopic (exact) mass is 442 g/mol. The fraction of sp³-hybridized carbons (Fsp3) is 0.741. The Morgan fingerprint density at radius 3 is 2.31 bits per heavy atom. The highest BCUT2D eigenvalue weighted by atomic mass is 16.5. The molecule has 4 saturated carbocycles. The van der Waals surface area contributed by atoms with Gasteiger partial charge in [-0.25, -0.2) is 0 Å². The Kier molecular flexibility index (Phi) is 5.27. The van der Waals surface area contributed by atoms with Gasteiger partial charge in [0.2, 0.25) is 0 Å². The van der Waals surface area contributed by atoms with E-state index in [4.69, 9.17) is 4.74 Å². The fourth-order valence-corrected chi connectivity index (χ4v) is 8.77. The number of benzene rings is 1. The van der Waals surface area contributed by atoms with Crippen molar-refractivity contribution < 1.29 is 24.9 Å². The summed E-state index contributed by atoms with van der Waals surface area (Å²) in [5.41, 5.74) is -0.345. The lowest BCUT2D eigenvalue weighted by Crippen LogP contribution is -2.65. The van der Waals surface area contributed by atoms with Crippen molar-refractivity contribution in [2.75, 3.05) is 0 Å². The van der Waals surface area contributed by atoms with E-state index in [2.05, 4.69) is 13.8 Å². The van der Waals surface area contributed by atoms with Gasteiger partial charge in [-0.05, 0) is 79.6 Å². The summed E-state index contributed by atoms with van der Waals surface area (Å²) < 4.78 is 5.50. The summed E-state index contributed by atoms with van der Waals surface area (Å²) in [6.07, 6.45) is 3.94. The van der Waals surface area contributed by atoms with Crippen LogP contribution in [0.1, 0.15) is 71.3 Å². The zero-order chi connectivity index (χ0) is 22.9. The maximum Gasteiger partial charge on any atom is 0.302 e. The van der Waals surface area contributed by atoms with Gasteiger partial charge in [-0.2, -0.15) is 0 Å². The molecule has 0 amide bonds. The average molecular weight is 443 g/mol. The molecular formula is C27H38O5. The van der Waals surface area contributed by atoms with Crippen LogP contribution in [0, 0.1) is 34.5 Å². The molecule has 0 bridgehead atoms. The standard InChI is InChI=1S/C27H38O5/c1-16(28)32-18-9-12-25(2)19-10-13-26(3)20(22(19)24(30)23(29)21(25)15-18)11-14-27(26,31)17-7-5-4-6-8-17/h4-8,18-24,29-31H,9-15H2,1-3H3/t18-,19-,20-,21+,22+,23+,24+,25+,26-,27+/m0/s1. The van der Waals surface area contributed by atoms with Gasteiger partial charge in [-0.1, -0.05) is 44.2 Å². The highest BCUT2D eigenvalue weighted by Gasteiger charge is 2.68. The van der Waals surface area contributed by atoms with Gasteiger partial charge in [0.25, 0.3) is 0 Å². The molecule has 4 aliphatic carbocycles. The number of fused-ring (bicyclic) bond motifs is 5. The van der Waals surface area contributed by atoms with E-state index in [1.807, 2.05) is 30.3 Å². The van der Waals surface area contributed by atoms with Crippen LogP contribution < -0.4 is 0 Å². The number of rotatable bonds is 2. The Bertz CT molecular complexity index is 872. The van der Waals surface area contributed by atoms with Crippen LogP contribution in [-0.2, 0) is 15.1 Å². The van der Waals surface area contributed by atoms with Gasteiger partial charge in [-0.15, -0.1) is 0 Å². The molecule has 1 aromatic rings. The summed E-state index contributed by atoms with van der Waals surface area (Å²) in [6, 6.07) is 10.0. The topological polar surface area (TPSA) is 87.0 Å². The lowest BCUT2D eigenvalue weighted by molar-refractivity contribution is -0.234. The van der Waals surface area contributed by atoms with Crippen molar-refractivity contribution in [2.45, 2.75) is 89.6 Å². The molecule has 10 atom stereocenters. The minimum absolute atomic E-state index is 0.0204. The van der Waals surface area contributed by atoms with Crippen LogP contribution in [0.5, 0.6) is 0 Å². The van der Waals surface area contributed by atoms with Crippen molar-refractivity contribution in [1.29, 1.82) is 0 Å². The minimum Gasteiger partial charge on any atom is -0.463 e. The second-order valence-electron chi connectivity index (χ2n) is 11.6. The quantitative estimate of drug-likeness (QED) is 0.607. The smallest absolute Gasteiger partial charge is 0.302 e. The zero-order valence-corrected chi connectivity index (χ0v) is 19.5. The normalized spacial score (nSPS) is 50.1. The molecule has 3 N–H and O–H groups in total. The summed E-state index contributed by atoms with van der Waals surface area (Å²) in [7, 11) is 0. The van der Waals surface area contributed by atoms with E-state index in [1.54, 1.807) is 0 Å². The molecule has 0 heterocycles. The van der Waals surface area contributed by atoms with E-state index < -0.39 is 17.8 Å². The third kappa shape index (κ3) is 2.97. The molecule has 1 aromatic carbocycles. The first-order valence-corrected chi connectivity index (χ1v) is 12.4. The van der Waals surface area contributed by atoms with Crippen LogP contribution in [0.15, 0.2) is 30.3 Å². The van der Waals surface area contributed by atoms with Crippen LogP contribution in [0.4, 0.5) is 0 Å². The Morgan fingerprint density at radius 2 is 1.62 bits per heavy atom. The molecule has 32 heavy (non-hydrogen) atoms. The van der Waals surface area contributed by atoms with Gasteiger partial charge >= 0.3 is 5.97 Å². The first-order valence-electron chi connectivity index (χ1n) is 12.4. The van der Waals surface area contributed by atoms with Gasteiger partial charge in [-0.3, -0.25) is 4.79 Å². The SMILES string of the molecule is CC(=O)O[C@H]1CC[C@@]2(C)[C@H](C1)[C@@H](O)[C@H](O)[C@@H]1[C@@H]2CC[C@@]2(C)[C@H]1CC[C@@]2(O)c1ccccc1. The van der Waals surface area contributed by atoms with Gasteiger partial charge < -0.3 is 20.1 Å². The van der Waals surface area contributed by atoms with Crippen molar-refractivity contribution in [3.63, 3.8) is 0 Å². The first-order chi connectivity index (χ1) is 15.1. The van der Waals surface area contributed by atoms with E-state index in [-0.39, 0.29) is 40.7 Å². The zero-order valence-electron chi connectivity index (χ0n) is 19.5. The van der Waals surface area contributed by atoms with Crippen LogP contribution in [-0.4, -0.2) is 39.6 Å². The van der Waals surface area contributed by atoms with Crippen molar-refractivity contribution in [3.05, 3.63) is 35.9 Å². The molecule has 0 spiro atoms. The first kappa shape index (κ1) is 22.4. The number of ether oxygens (including phenoxy) is 1. The largest absolute Gasteiger partial charge is 0.463 e.